The van der Waals surface area contributed by atoms with Crippen molar-refractivity contribution in [2.45, 2.75) is 65.1 Å². The van der Waals surface area contributed by atoms with Crippen molar-refractivity contribution in [1.82, 2.24) is 4.98 Å². The molecule has 0 fully saturated rings. The van der Waals surface area contributed by atoms with E-state index in [-0.39, 0.29) is 5.41 Å². The van der Waals surface area contributed by atoms with Gasteiger partial charge in [0.05, 0.1) is 19.3 Å². The highest BCUT2D eigenvalue weighted by Crippen LogP contribution is 2.36. The van der Waals surface area contributed by atoms with Crippen molar-refractivity contribution in [3.8, 4) is 28.5 Å². The molecule has 0 saturated carbocycles. The van der Waals surface area contributed by atoms with Gasteiger partial charge in [-0.15, -0.1) is 0 Å². The minimum Gasteiger partial charge on any atom is -0.255 e. The van der Waals surface area contributed by atoms with Crippen molar-refractivity contribution in [2.75, 3.05) is 0 Å². The third-order valence-corrected chi connectivity index (χ3v) is 13.4. The van der Waals surface area contributed by atoms with Crippen LogP contribution in [0.1, 0.15) is 52.7 Å². The number of nitriles is 1. The maximum absolute atomic E-state index is 9.85. The van der Waals surface area contributed by atoms with Crippen LogP contribution in [0.2, 0.25) is 18.1 Å². The van der Waals surface area contributed by atoms with E-state index in [1.54, 1.807) is 6.20 Å². The summed E-state index contributed by atoms with van der Waals surface area (Å²) in [5, 5.41) is 13.9. The maximum atomic E-state index is 9.85. The molecule has 0 aliphatic rings. The molecule has 0 unspecified atom stereocenters. The second-order valence-electron chi connectivity index (χ2n) is 10.6. The molecule has 0 atom stereocenters. The van der Waals surface area contributed by atoms with Gasteiger partial charge in [0.2, 0.25) is 0 Å². The Labute approximate surface area is 211 Å². The van der Waals surface area contributed by atoms with E-state index in [0.29, 0.717) is 5.56 Å². The first-order valence-corrected chi connectivity index (χ1v) is 15.4. The lowest BCUT2D eigenvalue weighted by atomic mass is 9.82. The Hall–Kier alpha value is -3.22. The number of fused-ring (bicyclic) bond motifs is 1. The lowest BCUT2D eigenvalue weighted by Crippen LogP contribution is -2.45. The van der Waals surface area contributed by atoms with Gasteiger partial charge in [0.1, 0.15) is 6.07 Å². The second-order valence-corrected chi connectivity index (χ2v) is 15.9. The smallest absolute Gasteiger partial charge is 0.101 e. The van der Waals surface area contributed by atoms with Crippen molar-refractivity contribution < 1.29 is 0 Å². The summed E-state index contributed by atoms with van der Waals surface area (Å²) < 4.78 is 0. The topological polar surface area (TPSA) is 36.7 Å². The van der Waals surface area contributed by atoms with Gasteiger partial charge < -0.3 is 0 Å². The monoisotopic (exact) mass is 476 g/mol. The van der Waals surface area contributed by atoms with Gasteiger partial charge in [0.15, 0.2) is 0 Å². The first-order chi connectivity index (χ1) is 16.8. The third-order valence-electron chi connectivity index (χ3n) is 7.83. The number of aromatic nitrogens is 1. The van der Waals surface area contributed by atoms with Crippen LogP contribution in [0.5, 0.6) is 0 Å². The molecular formula is C32H36N2Si. The highest BCUT2D eigenvalue weighted by atomic mass is 28.3. The van der Waals surface area contributed by atoms with Crippen LogP contribution < -0.4 is 5.19 Å². The molecule has 4 rings (SSSR count). The number of hydrogen-bond acceptors (Lipinski definition) is 2. The molecule has 0 bridgehead atoms. The zero-order chi connectivity index (χ0) is 25.2. The lowest BCUT2D eigenvalue weighted by Gasteiger charge is -2.28. The van der Waals surface area contributed by atoms with E-state index in [1.165, 1.54) is 39.7 Å². The molecule has 0 spiro atoms. The Morgan fingerprint density at radius 1 is 0.829 bits per heavy atom. The molecule has 0 saturated heterocycles. The summed E-state index contributed by atoms with van der Waals surface area (Å²) in [4.78, 5) is 4.72. The first-order valence-electron chi connectivity index (χ1n) is 12.8. The fourth-order valence-electron chi connectivity index (χ4n) is 5.39. The molecule has 35 heavy (non-hydrogen) atoms. The van der Waals surface area contributed by atoms with E-state index >= 15 is 0 Å². The van der Waals surface area contributed by atoms with Crippen LogP contribution in [0.25, 0.3) is 33.2 Å². The summed E-state index contributed by atoms with van der Waals surface area (Å²) in [5.74, 6) is 0. The summed E-state index contributed by atoms with van der Waals surface area (Å²) in [7, 11) is -1.43. The Bertz CT molecular complexity index is 1380. The molecule has 1 aromatic heterocycles. The molecule has 0 aliphatic heterocycles. The maximum Gasteiger partial charge on any atom is 0.101 e. The summed E-state index contributed by atoms with van der Waals surface area (Å²) >= 11 is 0. The van der Waals surface area contributed by atoms with Gasteiger partial charge in [-0.2, -0.15) is 5.26 Å². The quantitative estimate of drug-likeness (QED) is 0.262. The Morgan fingerprint density at radius 3 is 2.09 bits per heavy atom. The van der Waals surface area contributed by atoms with Crippen LogP contribution in [0.15, 0.2) is 72.9 Å². The third kappa shape index (κ3) is 4.68. The molecule has 0 N–H and O–H groups in total. The summed E-state index contributed by atoms with van der Waals surface area (Å²) in [6.45, 7) is 13.8. The van der Waals surface area contributed by atoms with Crippen molar-refractivity contribution in [3.05, 3.63) is 84.1 Å². The molecular weight excluding hydrogens is 440 g/mol. The average molecular weight is 477 g/mol. The SMILES string of the molecule is CC[Si](CC)(CC)c1ccc(-c2cc(-c3cc(C(C)(C)C)c4ccccc4c3)ncc2C#N)cc1. The first kappa shape index (κ1) is 24.9. The predicted molar refractivity (Wildman–Crippen MR) is 153 cm³/mol. The Balaban J connectivity index is 1.84. The Morgan fingerprint density at radius 2 is 1.49 bits per heavy atom. The fraction of sp³-hybridized carbons (Fsp3) is 0.312. The molecule has 0 radical (unpaired) electrons. The molecule has 2 nitrogen and oxygen atoms in total. The summed E-state index contributed by atoms with van der Waals surface area (Å²) in [5.41, 5.74) is 5.95. The van der Waals surface area contributed by atoms with Crippen LogP contribution in [-0.2, 0) is 5.41 Å². The average Bonchev–Trinajstić information content (AvgIpc) is 2.89. The molecule has 0 aliphatic carbocycles. The van der Waals surface area contributed by atoms with Crippen molar-refractivity contribution in [3.63, 3.8) is 0 Å². The predicted octanol–water partition coefficient (Wildman–Crippen LogP) is 8.45. The van der Waals surface area contributed by atoms with Crippen LogP contribution in [-0.4, -0.2) is 13.1 Å². The Kier molecular flexibility index (Phi) is 6.97. The van der Waals surface area contributed by atoms with E-state index in [2.05, 4.69) is 114 Å². The highest BCUT2D eigenvalue weighted by molar-refractivity contribution is 6.91. The van der Waals surface area contributed by atoms with E-state index in [4.69, 9.17) is 4.98 Å². The zero-order valence-electron chi connectivity index (χ0n) is 21.9. The minimum absolute atomic E-state index is 0.00902. The van der Waals surface area contributed by atoms with Gasteiger partial charge in [0, 0.05) is 17.3 Å². The lowest BCUT2D eigenvalue weighted by molar-refractivity contribution is 0.596. The van der Waals surface area contributed by atoms with E-state index in [9.17, 15) is 5.26 Å². The van der Waals surface area contributed by atoms with E-state index in [1.807, 2.05) is 0 Å². The van der Waals surface area contributed by atoms with E-state index < -0.39 is 8.07 Å². The number of rotatable bonds is 6. The van der Waals surface area contributed by atoms with Crippen molar-refractivity contribution in [2.24, 2.45) is 0 Å². The molecule has 3 aromatic carbocycles. The van der Waals surface area contributed by atoms with E-state index in [0.717, 1.165) is 22.4 Å². The van der Waals surface area contributed by atoms with Crippen LogP contribution in [0.4, 0.5) is 0 Å². The van der Waals surface area contributed by atoms with Gasteiger partial charge in [-0.05, 0) is 45.5 Å². The molecule has 1 heterocycles. The summed E-state index contributed by atoms with van der Waals surface area (Å²) in [6, 6.07) is 30.3. The largest absolute Gasteiger partial charge is 0.255 e. The molecule has 4 aromatic rings. The minimum atomic E-state index is -1.43. The van der Waals surface area contributed by atoms with Crippen LogP contribution in [0, 0.1) is 11.3 Å². The molecule has 0 amide bonds. The fourth-order valence-corrected chi connectivity index (χ4v) is 8.98. The summed E-state index contributed by atoms with van der Waals surface area (Å²) in [6.07, 6.45) is 1.73. The van der Waals surface area contributed by atoms with Crippen molar-refractivity contribution >= 4 is 24.0 Å². The van der Waals surface area contributed by atoms with Gasteiger partial charge in [-0.25, -0.2) is 0 Å². The highest BCUT2D eigenvalue weighted by Gasteiger charge is 2.29. The number of nitrogens with zero attached hydrogens (tertiary/aromatic N) is 2. The van der Waals surface area contributed by atoms with Gasteiger partial charge in [-0.3, -0.25) is 4.98 Å². The van der Waals surface area contributed by atoms with Gasteiger partial charge >= 0.3 is 0 Å². The van der Waals surface area contributed by atoms with Crippen molar-refractivity contribution in [1.29, 1.82) is 5.26 Å². The molecule has 3 heteroatoms. The number of hydrogen-bond donors (Lipinski definition) is 0. The van der Waals surface area contributed by atoms with Crippen LogP contribution in [0.3, 0.4) is 0 Å². The van der Waals surface area contributed by atoms with Gasteiger partial charge in [0.25, 0.3) is 0 Å². The standard InChI is InChI=1S/C32H36N2Si/c1-7-35(8-2,9-3)27-16-14-23(15-17-27)29-20-31(34-22-26(29)21-33)25-18-24-12-10-11-13-28(24)30(19-25)32(4,5)6/h10-20,22H,7-9H2,1-6H3. The number of benzene rings is 3. The second kappa shape index (κ2) is 9.80. The normalized spacial score (nSPS) is 12.0. The molecule has 178 valence electrons. The zero-order valence-corrected chi connectivity index (χ0v) is 22.9. The van der Waals surface area contributed by atoms with Gasteiger partial charge in [-0.1, -0.05) is 113 Å². The number of pyridine rings is 1. The van der Waals surface area contributed by atoms with Crippen LogP contribution >= 0.6 is 0 Å².